The van der Waals surface area contributed by atoms with Crippen molar-refractivity contribution in [3.8, 4) is 5.75 Å². The highest BCUT2D eigenvalue weighted by molar-refractivity contribution is 5.78. The van der Waals surface area contributed by atoms with Crippen LogP contribution < -0.4 is 0 Å². The van der Waals surface area contributed by atoms with Gasteiger partial charge < -0.3 is 5.11 Å². The summed E-state index contributed by atoms with van der Waals surface area (Å²) in [5, 5.41) is 9.03. The molecule has 0 heterocycles. The Morgan fingerprint density at radius 3 is 2.12 bits per heavy atom. The summed E-state index contributed by atoms with van der Waals surface area (Å²) in [4.78, 5) is 11.0. The molecule has 0 bridgehead atoms. The van der Waals surface area contributed by atoms with Crippen molar-refractivity contribution in [3.63, 3.8) is 0 Å². The Morgan fingerprint density at radius 1 is 1.31 bits per heavy atom. The first kappa shape index (κ1) is 14.7. The lowest BCUT2D eigenvalue weighted by Crippen LogP contribution is -2.09. The van der Waals surface area contributed by atoms with Gasteiger partial charge in [-0.1, -0.05) is 39.3 Å². The van der Waals surface area contributed by atoms with Crippen LogP contribution in [0, 0.1) is 5.92 Å². The molecular formula is C14H28O2. The Labute approximate surface area is 103 Å². The molecule has 0 fully saturated rings. The molecule has 0 saturated heterocycles. The molecule has 0 aliphatic carbocycles. The van der Waals surface area contributed by atoms with Crippen molar-refractivity contribution in [2.75, 3.05) is 0 Å². The maximum absolute atomic E-state index is 11.0. The van der Waals surface area contributed by atoms with E-state index < -0.39 is 0 Å². The topological polar surface area (TPSA) is 37.3 Å². The van der Waals surface area contributed by atoms with Crippen LogP contribution in [0.4, 0.5) is 0 Å². The third kappa shape index (κ3) is 6.23. The number of ketones is 1. The molecule has 1 aromatic rings. The van der Waals surface area contributed by atoms with Crippen LogP contribution in [0.15, 0.2) is 24.3 Å². The first-order valence-corrected chi connectivity index (χ1v) is 5.79. The molecule has 0 unspecified atom stereocenters. The second-order valence-corrected chi connectivity index (χ2v) is 4.09. The first-order chi connectivity index (χ1) is 7.51. The Morgan fingerprint density at radius 2 is 1.75 bits per heavy atom. The summed E-state index contributed by atoms with van der Waals surface area (Å²) in [6.07, 6.45) is 2.00. The number of carbonyl (C=O) groups is 1. The standard InChI is InChI=1S/C11H14O2.C3H8.3H2/c1-8(9(2)12)7-10-3-5-11(13)6-4-10;1-3-2;;;/h3-6,8,13H,7H2,1-2H3;3H2,1-2H3;3*1H/t8-;;;;/m0..../s1. The molecule has 0 radical (unpaired) electrons. The van der Waals surface area contributed by atoms with Crippen LogP contribution in [0.5, 0.6) is 5.75 Å². The van der Waals surface area contributed by atoms with Crippen molar-refractivity contribution < 1.29 is 14.2 Å². The van der Waals surface area contributed by atoms with Gasteiger partial charge in [0.1, 0.15) is 11.5 Å². The minimum absolute atomic E-state index is 0. The van der Waals surface area contributed by atoms with E-state index >= 15 is 0 Å². The van der Waals surface area contributed by atoms with Crippen LogP contribution in [-0.4, -0.2) is 10.9 Å². The summed E-state index contributed by atoms with van der Waals surface area (Å²) in [7, 11) is 0. The molecule has 0 aliphatic heterocycles. The highest BCUT2D eigenvalue weighted by Gasteiger charge is 2.07. The molecule has 1 aromatic carbocycles. The van der Waals surface area contributed by atoms with Crippen LogP contribution in [0.2, 0.25) is 0 Å². The number of Topliss-reactive ketones (excluding diaryl/α,β-unsaturated/α-hetero) is 1. The summed E-state index contributed by atoms with van der Waals surface area (Å²) >= 11 is 0. The lowest BCUT2D eigenvalue weighted by molar-refractivity contribution is -0.120. The molecule has 1 rings (SSSR count). The van der Waals surface area contributed by atoms with Crippen LogP contribution in [0.3, 0.4) is 0 Å². The van der Waals surface area contributed by atoms with Gasteiger partial charge in [-0.05, 0) is 31.0 Å². The molecule has 2 heteroatoms. The van der Waals surface area contributed by atoms with Gasteiger partial charge in [0, 0.05) is 10.2 Å². The van der Waals surface area contributed by atoms with Crippen molar-refractivity contribution in [1.82, 2.24) is 0 Å². The average Bonchev–Trinajstić information content (AvgIpc) is 2.22. The minimum atomic E-state index is 0. The fraction of sp³-hybridized carbons (Fsp3) is 0.500. The van der Waals surface area contributed by atoms with Gasteiger partial charge in [-0.3, -0.25) is 4.79 Å². The van der Waals surface area contributed by atoms with Crippen molar-refractivity contribution >= 4 is 5.78 Å². The highest BCUT2D eigenvalue weighted by Crippen LogP contribution is 2.13. The Bertz CT molecular complexity index is 313. The third-order valence-corrected chi connectivity index (χ3v) is 2.17. The van der Waals surface area contributed by atoms with Gasteiger partial charge in [0.25, 0.3) is 0 Å². The normalized spacial score (nSPS) is 11.2. The SMILES string of the molecule is CC(=O)[C@@H](C)Cc1ccc(O)cc1.CCC.[HH].[HH].[HH]. The molecule has 2 nitrogen and oxygen atoms in total. The molecule has 0 aliphatic rings. The van der Waals surface area contributed by atoms with Gasteiger partial charge in [0.15, 0.2) is 0 Å². The van der Waals surface area contributed by atoms with Crippen LogP contribution in [0.1, 0.15) is 44.0 Å². The fourth-order valence-electron chi connectivity index (χ4n) is 1.13. The third-order valence-electron chi connectivity index (χ3n) is 2.17. The molecule has 0 saturated carbocycles. The van der Waals surface area contributed by atoms with Gasteiger partial charge in [0.05, 0.1) is 0 Å². The number of phenols is 1. The van der Waals surface area contributed by atoms with Crippen molar-refractivity contribution in [2.45, 2.75) is 40.5 Å². The molecule has 1 atom stereocenters. The zero-order valence-corrected chi connectivity index (χ0v) is 10.7. The fourth-order valence-corrected chi connectivity index (χ4v) is 1.13. The van der Waals surface area contributed by atoms with Crippen LogP contribution >= 0.6 is 0 Å². The molecule has 1 N–H and O–H groups in total. The molecule has 16 heavy (non-hydrogen) atoms. The molecule has 0 aromatic heterocycles. The van der Waals surface area contributed by atoms with Crippen LogP contribution in [-0.2, 0) is 11.2 Å². The summed E-state index contributed by atoms with van der Waals surface area (Å²) in [5.74, 6) is 0.525. The average molecular weight is 228 g/mol. The lowest BCUT2D eigenvalue weighted by atomic mass is 9.98. The second-order valence-electron chi connectivity index (χ2n) is 4.09. The quantitative estimate of drug-likeness (QED) is 0.836. The second kappa shape index (κ2) is 7.91. The predicted molar refractivity (Wildman–Crippen MR) is 74.0 cm³/mol. The first-order valence-electron chi connectivity index (χ1n) is 5.79. The largest absolute Gasteiger partial charge is 0.508 e. The van der Waals surface area contributed by atoms with Crippen molar-refractivity contribution in [1.29, 1.82) is 0 Å². The summed E-state index contributed by atoms with van der Waals surface area (Å²) in [6, 6.07) is 6.97. The Balaban J connectivity index is -0.000000172. The lowest BCUT2D eigenvalue weighted by Gasteiger charge is -2.06. The zero-order valence-electron chi connectivity index (χ0n) is 10.7. The minimum Gasteiger partial charge on any atom is -0.508 e. The van der Waals surface area contributed by atoms with Crippen molar-refractivity contribution in [3.05, 3.63) is 29.8 Å². The number of phenolic OH excluding ortho intramolecular Hbond substituents is 1. The van der Waals surface area contributed by atoms with Crippen molar-refractivity contribution in [2.24, 2.45) is 5.92 Å². The van der Waals surface area contributed by atoms with E-state index in [9.17, 15) is 4.79 Å². The van der Waals surface area contributed by atoms with Gasteiger partial charge >= 0.3 is 0 Å². The Kier molecular flexibility index (Phi) is 7.27. The van der Waals surface area contributed by atoms with E-state index in [1.54, 1.807) is 19.1 Å². The zero-order chi connectivity index (χ0) is 12.6. The summed E-state index contributed by atoms with van der Waals surface area (Å²) < 4.78 is 0. The van der Waals surface area contributed by atoms with E-state index in [1.165, 1.54) is 6.42 Å². The van der Waals surface area contributed by atoms with Gasteiger partial charge in [0.2, 0.25) is 0 Å². The molecule has 0 amide bonds. The molecular weight excluding hydrogens is 200 g/mol. The van der Waals surface area contributed by atoms with Gasteiger partial charge in [-0.25, -0.2) is 0 Å². The monoisotopic (exact) mass is 228 g/mol. The predicted octanol–water partition coefficient (Wildman–Crippen LogP) is 4.31. The van der Waals surface area contributed by atoms with Gasteiger partial charge in [-0.2, -0.15) is 0 Å². The van der Waals surface area contributed by atoms with E-state index in [0.29, 0.717) is 0 Å². The number of hydrogen-bond acceptors (Lipinski definition) is 2. The number of aromatic hydroxyl groups is 1. The maximum Gasteiger partial charge on any atom is 0.132 e. The van der Waals surface area contributed by atoms with E-state index in [2.05, 4.69) is 13.8 Å². The maximum atomic E-state index is 11.0. The number of rotatable bonds is 3. The van der Waals surface area contributed by atoms with Gasteiger partial charge in [-0.15, -0.1) is 0 Å². The van der Waals surface area contributed by atoms with E-state index in [-0.39, 0.29) is 21.7 Å². The number of benzene rings is 1. The summed E-state index contributed by atoms with van der Waals surface area (Å²) in [6.45, 7) is 7.76. The number of carbonyl (C=O) groups excluding carboxylic acids is 1. The summed E-state index contributed by atoms with van der Waals surface area (Å²) in [5.41, 5.74) is 1.08. The van der Waals surface area contributed by atoms with E-state index in [0.717, 1.165) is 12.0 Å². The van der Waals surface area contributed by atoms with E-state index in [4.69, 9.17) is 5.11 Å². The highest BCUT2D eigenvalue weighted by atomic mass is 16.3. The molecule has 96 valence electrons. The Hall–Kier alpha value is -1.31. The number of hydrogen-bond donors (Lipinski definition) is 1. The van der Waals surface area contributed by atoms with Crippen LogP contribution in [0.25, 0.3) is 0 Å². The molecule has 0 spiro atoms. The van der Waals surface area contributed by atoms with E-state index in [1.807, 2.05) is 19.1 Å². The smallest absolute Gasteiger partial charge is 0.132 e.